The summed E-state index contributed by atoms with van der Waals surface area (Å²) in [4.78, 5) is 23.6. The van der Waals surface area contributed by atoms with Gasteiger partial charge in [-0.3, -0.25) is 19.5 Å². The molecule has 0 aliphatic carbocycles. The zero-order valence-electron chi connectivity index (χ0n) is 18.4. The van der Waals surface area contributed by atoms with Crippen LogP contribution in [0.4, 0.5) is 10.8 Å². The Morgan fingerprint density at radius 1 is 1.10 bits per heavy atom. The van der Waals surface area contributed by atoms with Gasteiger partial charge in [0, 0.05) is 57.6 Å². The van der Waals surface area contributed by atoms with E-state index >= 15 is 0 Å². The molecule has 1 saturated heterocycles. The maximum Gasteiger partial charge on any atom is 0.230 e. The smallest absolute Gasteiger partial charge is 0.230 e. The second kappa shape index (κ2) is 9.72. The highest BCUT2D eigenvalue weighted by atomic mass is 32.1. The molecule has 0 spiro atoms. The molecule has 31 heavy (non-hydrogen) atoms. The van der Waals surface area contributed by atoms with E-state index in [9.17, 15) is 4.79 Å². The fourth-order valence-electron chi connectivity index (χ4n) is 3.84. The molecule has 4 rings (SSSR count). The van der Waals surface area contributed by atoms with Gasteiger partial charge in [0.05, 0.1) is 17.1 Å². The maximum absolute atomic E-state index is 12.4. The largest absolute Gasteiger partial charge is 0.361 e. The van der Waals surface area contributed by atoms with Gasteiger partial charge in [0.2, 0.25) is 5.91 Å². The van der Waals surface area contributed by atoms with Gasteiger partial charge < -0.3 is 4.52 Å². The predicted molar refractivity (Wildman–Crippen MR) is 123 cm³/mol. The first-order valence-corrected chi connectivity index (χ1v) is 11.6. The topological polar surface area (TPSA) is 65.7 Å². The van der Waals surface area contributed by atoms with Crippen molar-refractivity contribution in [2.45, 2.75) is 40.3 Å². The molecule has 0 bridgehead atoms. The van der Waals surface area contributed by atoms with E-state index in [-0.39, 0.29) is 5.91 Å². The van der Waals surface area contributed by atoms with E-state index in [4.69, 9.17) is 9.51 Å². The number of amides is 1. The number of carbonyl (C=O) groups is 1. The SMILES string of the molecule is CCc1ccc(N(C(C)=O)c2nc(CN3CCN(Cc4cc(C)on4)CC3)cs2)cc1. The predicted octanol–water partition coefficient (Wildman–Crippen LogP) is 4.00. The summed E-state index contributed by atoms with van der Waals surface area (Å²) in [6.07, 6.45) is 0.979. The highest BCUT2D eigenvalue weighted by molar-refractivity contribution is 7.14. The van der Waals surface area contributed by atoms with Crippen LogP contribution in [0.1, 0.15) is 36.6 Å². The van der Waals surface area contributed by atoms with E-state index in [1.54, 1.807) is 11.8 Å². The van der Waals surface area contributed by atoms with Crippen LogP contribution in [0.3, 0.4) is 0 Å². The summed E-state index contributed by atoms with van der Waals surface area (Å²) in [5, 5.41) is 6.89. The Labute approximate surface area is 187 Å². The highest BCUT2D eigenvalue weighted by Gasteiger charge is 2.21. The number of aromatic nitrogens is 2. The molecule has 0 saturated carbocycles. The molecule has 1 aromatic carbocycles. The normalized spacial score (nSPS) is 15.3. The lowest BCUT2D eigenvalue weighted by Gasteiger charge is -2.33. The molecule has 1 fully saturated rings. The average Bonchev–Trinajstić information content (AvgIpc) is 3.39. The summed E-state index contributed by atoms with van der Waals surface area (Å²) in [7, 11) is 0. The number of rotatable bonds is 7. The number of thiazole rings is 1. The van der Waals surface area contributed by atoms with Gasteiger partial charge >= 0.3 is 0 Å². The molecule has 1 aliphatic heterocycles. The Hall–Kier alpha value is -2.55. The number of piperazine rings is 1. The molecular formula is C23H29N5O2S. The molecule has 0 atom stereocenters. The zero-order chi connectivity index (χ0) is 21.8. The van der Waals surface area contributed by atoms with Gasteiger partial charge in [0.1, 0.15) is 5.76 Å². The fraction of sp³-hybridized carbons (Fsp3) is 0.435. The summed E-state index contributed by atoms with van der Waals surface area (Å²) in [6.45, 7) is 11.2. The standard InChI is InChI=1S/C23H29N5O2S/c1-4-19-5-7-22(8-6-19)28(18(3)29)23-24-21(16-31-23)15-27-11-9-26(10-12-27)14-20-13-17(2)30-25-20/h5-8,13,16H,4,9-12,14-15H2,1-3H3. The first kappa shape index (κ1) is 21.7. The van der Waals surface area contributed by atoms with Crippen molar-refractivity contribution in [1.29, 1.82) is 0 Å². The third-order valence-electron chi connectivity index (χ3n) is 5.56. The molecule has 3 heterocycles. The van der Waals surface area contributed by atoms with Crippen LogP contribution >= 0.6 is 11.3 Å². The molecule has 1 amide bonds. The summed E-state index contributed by atoms with van der Waals surface area (Å²) in [5.41, 5.74) is 4.12. The van der Waals surface area contributed by atoms with Crippen molar-refractivity contribution in [3.8, 4) is 0 Å². The van der Waals surface area contributed by atoms with Crippen molar-refractivity contribution in [1.82, 2.24) is 19.9 Å². The Morgan fingerprint density at radius 3 is 2.29 bits per heavy atom. The first-order chi connectivity index (χ1) is 15.0. The van der Waals surface area contributed by atoms with E-state index in [1.807, 2.05) is 25.1 Å². The molecule has 164 valence electrons. The van der Waals surface area contributed by atoms with Crippen molar-refractivity contribution in [2.75, 3.05) is 31.1 Å². The minimum Gasteiger partial charge on any atom is -0.361 e. The molecular weight excluding hydrogens is 410 g/mol. The van der Waals surface area contributed by atoms with E-state index in [0.717, 1.165) is 73.7 Å². The number of carbonyl (C=O) groups excluding carboxylic acids is 1. The Morgan fingerprint density at radius 2 is 1.74 bits per heavy atom. The van der Waals surface area contributed by atoms with Crippen LogP contribution in [0, 0.1) is 6.92 Å². The van der Waals surface area contributed by atoms with E-state index in [0.29, 0.717) is 0 Å². The van der Waals surface area contributed by atoms with Crippen LogP contribution in [0.25, 0.3) is 0 Å². The van der Waals surface area contributed by atoms with Crippen molar-refractivity contribution in [3.05, 3.63) is 58.4 Å². The molecule has 7 nitrogen and oxygen atoms in total. The summed E-state index contributed by atoms with van der Waals surface area (Å²) < 4.78 is 5.17. The van der Waals surface area contributed by atoms with Crippen molar-refractivity contribution < 1.29 is 9.32 Å². The van der Waals surface area contributed by atoms with Gasteiger partial charge in [0.15, 0.2) is 5.13 Å². The minimum atomic E-state index is -0.0261. The zero-order valence-corrected chi connectivity index (χ0v) is 19.2. The summed E-state index contributed by atoms with van der Waals surface area (Å²) in [6, 6.07) is 10.1. The molecule has 0 N–H and O–H groups in total. The number of anilines is 2. The Balaban J connectivity index is 1.35. The lowest BCUT2D eigenvalue weighted by atomic mass is 10.1. The number of nitrogens with zero attached hydrogens (tertiary/aromatic N) is 5. The van der Waals surface area contributed by atoms with Crippen LogP contribution in [-0.4, -0.2) is 52.0 Å². The molecule has 3 aromatic rings. The molecule has 1 aliphatic rings. The van der Waals surface area contributed by atoms with Crippen LogP contribution in [0.2, 0.25) is 0 Å². The van der Waals surface area contributed by atoms with Crippen LogP contribution in [0.15, 0.2) is 40.2 Å². The molecule has 0 radical (unpaired) electrons. The van der Waals surface area contributed by atoms with Crippen LogP contribution in [0.5, 0.6) is 0 Å². The first-order valence-electron chi connectivity index (χ1n) is 10.7. The quantitative estimate of drug-likeness (QED) is 0.554. The second-order valence-electron chi connectivity index (χ2n) is 7.98. The monoisotopic (exact) mass is 439 g/mol. The number of aryl methyl sites for hydroxylation is 2. The van der Waals surface area contributed by atoms with E-state index in [1.165, 1.54) is 16.9 Å². The minimum absolute atomic E-state index is 0.0261. The Bertz CT molecular complexity index is 1010. The fourth-order valence-corrected chi connectivity index (χ4v) is 4.71. The third kappa shape index (κ3) is 5.39. The molecule has 8 heteroatoms. The van der Waals surface area contributed by atoms with Gasteiger partial charge in [-0.25, -0.2) is 4.98 Å². The van der Waals surface area contributed by atoms with Gasteiger partial charge in [0.25, 0.3) is 0 Å². The van der Waals surface area contributed by atoms with Gasteiger partial charge in [-0.2, -0.15) is 0 Å². The maximum atomic E-state index is 12.4. The van der Waals surface area contributed by atoms with Gasteiger partial charge in [-0.1, -0.05) is 24.2 Å². The third-order valence-corrected chi connectivity index (χ3v) is 6.44. The molecule has 0 unspecified atom stereocenters. The average molecular weight is 440 g/mol. The second-order valence-corrected chi connectivity index (χ2v) is 8.81. The highest BCUT2D eigenvalue weighted by Crippen LogP contribution is 2.29. The van der Waals surface area contributed by atoms with Crippen molar-refractivity contribution >= 4 is 28.1 Å². The van der Waals surface area contributed by atoms with Crippen LogP contribution < -0.4 is 4.90 Å². The lowest BCUT2D eigenvalue weighted by molar-refractivity contribution is -0.115. The molecule has 2 aromatic heterocycles. The van der Waals surface area contributed by atoms with Crippen LogP contribution in [-0.2, 0) is 24.3 Å². The number of hydrogen-bond acceptors (Lipinski definition) is 7. The number of hydrogen-bond donors (Lipinski definition) is 0. The summed E-state index contributed by atoms with van der Waals surface area (Å²) >= 11 is 1.52. The van der Waals surface area contributed by atoms with E-state index < -0.39 is 0 Å². The number of benzene rings is 1. The van der Waals surface area contributed by atoms with Gasteiger partial charge in [-0.15, -0.1) is 11.3 Å². The van der Waals surface area contributed by atoms with Crippen molar-refractivity contribution in [3.63, 3.8) is 0 Å². The van der Waals surface area contributed by atoms with E-state index in [2.05, 4.69) is 39.4 Å². The van der Waals surface area contributed by atoms with Gasteiger partial charge in [-0.05, 0) is 31.0 Å². The lowest BCUT2D eigenvalue weighted by Crippen LogP contribution is -2.45. The Kier molecular flexibility index (Phi) is 6.80. The summed E-state index contributed by atoms with van der Waals surface area (Å²) in [5.74, 6) is 0.829. The van der Waals surface area contributed by atoms with Crippen molar-refractivity contribution in [2.24, 2.45) is 0 Å².